The van der Waals surface area contributed by atoms with Crippen LogP contribution in [0.2, 0.25) is 0 Å². The molecule has 1 unspecified atom stereocenters. The summed E-state index contributed by atoms with van der Waals surface area (Å²) in [5.41, 5.74) is 4.79. The standard InChI is InChI=1S/C40H30N4O5/c45-36(31-13-5-4-12-30(31)25-10-2-1-3-11-25)41-27-20-18-26(19-21-27)37(46)43-23-28-22-29(24-42(28)38(47)34-16-8-9-17-35(34)43)44-39(48)32-14-6-7-15-33(32)40(44)49/h1-21,28-29H,22-24H2,(H,41,45)/t28?,29-/m1/s1. The maximum Gasteiger partial charge on any atom is 0.261 e. The Morgan fingerprint density at radius 2 is 1.16 bits per heavy atom. The van der Waals surface area contributed by atoms with Crippen LogP contribution >= 0.6 is 0 Å². The summed E-state index contributed by atoms with van der Waals surface area (Å²) < 4.78 is 0. The van der Waals surface area contributed by atoms with Gasteiger partial charge in [-0.15, -0.1) is 0 Å². The van der Waals surface area contributed by atoms with Crippen LogP contribution in [0, 0.1) is 0 Å². The third-order valence-corrected chi connectivity index (χ3v) is 9.55. The van der Waals surface area contributed by atoms with Gasteiger partial charge >= 0.3 is 0 Å². The Morgan fingerprint density at radius 1 is 0.571 bits per heavy atom. The Kier molecular flexibility index (Phi) is 7.37. The van der Waals surface area contributed by atoms with Crippen molar-refractivity contribution in [2.45, 2.75) is 18.5 Å². The first-order valence-corrected chi connectivity index (χ1v) is 16.1. The fourth-order valence-corrected chi connectivity index (χ4v) is 7.19. The molecule has 0 radical (unpaired) electrons. The van der Waals surface area contributed by atoms with Crippen molar-refractivity contribution in [3.05, 3.63) is 155 Å². The molecule has 0 saturated carbocycles. The Morgan fingerprint density at radius 3 is 1.86 bits per heavy atom. The molecule has 240 valence electrons. The quantitative estimate of drug-likeness (QED) is 0.231. The number of nitrogens with one attached hydrogen (secondary N) is 1. The highest BCUT2D eigenvalue weighted by molar-refractivity contribution is 6.21. The molecule has 5 amide bonds. The number of nitrogens with zero attached hydrogens (tertiary/aromatic N) is 3. The van der Waals surface area contributed by atoms with Crippen LogP contribution in [0.25, 0.3) is 11.1 Å². The van der Waals surface area contributed by atoms with Crippen LogP contribution in [0.4, 0.5) is 11.4 Å². The zero-order valence-electron chi connectivity index (χ0n) is 26.3. The highest BCUT2D eigenvalue weighted by atomic mass is 16.2. The number of imide groups is 1. The van der Waals surface area contributed by atoms with Crippen molar-refractivity contribution in [2.75, 3.05) is 23.3 Å². The molecule has 1 N–H and O–H groups in total. The van der Waals surface area contributed by atoms with E-state index in [1.54, 1.807) is 88.7 Å². The molecule has 5 aromatic carbocycles. The normalized spacial score (nSPS) is 18.1. The van der Waals surface area contributed by atoms with Crippen LogP contribution in [0.1, 0.15) is 58.2 Å². The molecule has 9 heteroatoms. The second-order valence-corrected chi connectivity index (χ2v) is 12.4. The van der Waals surface area contributed by atoms with Crippen molar-refractivity contribution in [3.8, 4) is 11.1 Å². The van der Waals surface area contributed by atoms with E-state index in [0.717, 1.165) is 11.1 Å². The van der Waals surface area contributed by atoms with Crippen LogP contribution in [0.15, 0.2) is 127 Å². The van der Waals surface area contributed by atoms with E-state index in [1.165, 1.54) is 4.90 Å². The number of para-hydroxylation sites is 1. The number of hydrogen-bond donors (Lipinski definition) is 1. The third-order valence-electron chi connectivity index (χ3n) is 9.55. The van der Waals surface area contributed by atoms with Gasteiger partial charge in [0.25, 0.3) is 29.5 Å². The predicted molar refractivity (Wildman–Crippen MR) is 185 cm³/mol. The van der Waals surface area contributed by atoms with Crippen LogP contribution in [0.5, 0.6) is 0 Å². The molecule has 0 bridgehead atoms. The minimum atomic E-state index is -0.515. The molecule has 0 spiro atoms. The van der Waals surface area contributed by atoms with Gasteiger partial charge in [-0.2, -0.15) is 0 Å². The Hall–Kier alpha value is -6.35. The molecular formula is C40H30N4O5. The topological polar surface area (TPSA) is 107 Å². The van der Waals surface area contributed by atoms with Crippen LogP contribution in [-0.2, 0) is 0 Å². The van der Waals surface area contributed by atoms with Crippen molar-refractivity contribution in [1.82, 2.24) is 9.80 Å². The summed E-state index contributed by atoms with van der Waals surface area (Å²) in [5, 5.41) is 2.95. The molecular weight excluding hydrogens is 616 g/mol. The van der Waals surface area contributed by atoms with Crippen molar-refractivity contribution in [1.29, 1.82) is 0 Å². The number of rotatable bonds is 5. The van der Waals surface area contributed by atoms with E-state index in [-0.39, 0.29) is 42.6 Å². The molecule has 2 atom stereocenters. The summed E-state index contributed by atoms with van der Waals surface area (Å²) in [5.74, 6) is -1.55. The summed E-state index contributed by atoms with van der Waals surface area (Å²) >= 11 is 0. The van der Waals surface area contributed by atoms with Gasteiger partial charge in [-0.05, 0) is 72.1 Å². The van der Waals surface area contributed by atoms with Gasteiger partial charge in [0.15, 0.2) is 0 Å². The van der Waals surface area contributed by atoms with Gasteiger partial charge in [0.1, 0.15) is 0 Å². The number of fused-ring (bicyclic) bond motifs is 3. The molecule has 3 aliphatic rings. The molecule has 3 aliphatic heterocycles. The van der Waals surface area contributed by atoms with E-state index in [1.807, 2.05) is 48.5 Å². The van der Waals surface area contributed by atoms with Crippen LogP contribution < -0.4 is 10.2 Å². The predicted octanol–water partition coefficient (Wildman–Crippen LogP) is 6.15. The smallest absolute Gasteiger partial charge is 0.261 e. The first kappa shape index (κ1) is 30.0. The molecule has 0 aromatic heterocycles. The van der Waals surface area contributed by atoms with E-state index >= 15 is 0 Å². The number of anilines is 2. The molecule has 5 aromatic rings. The summed E-state index contributed by atoms with van der Waals surface area (Å²) in [7, 11) is 0. The van der Waals surface area contributed by atoms with Crippen molar-refractivity contribution in [3.63, 3.8) is 0 Å². The lowest BCUT2D eigenvalue weighted by Gasteiger charge is -2.26. The highest BCUT2D eigenvalue weighted by Gasteiger charge is 2.48. The zero-order valence-corrected chi connectivity index (χ0v) is 26.3. The lowest BCUT2D eigenvalue weighted by atomic mass is 9.99. The van der Waals surface area contributed by atoms with E-state index in [0.29, 0.717) is 45.6 Å². The number of hydrogen-bond acceptors (Lipinski definition) is 5. The summed E-state index contributed by atoms with van der Waals surface area (Å²) in [6.07, 6.45) is 0.352. The minimum Gasteiger partial charge on any atom is -0.332 e. The maximum atomic E-state index is 14.1. The Balaban J connectivity index is 1.03. The number of amides is 5. The molecule has 1 saturated heterocycles. The van der Waals surface area contributed by atoms with E-state index in [9.17, 15) is 24.0 Å². The third kappa shape index (κ3) is 5.16. The molecule has 8 rings (SSSR count). The molecule has 49 heavy (non-hydrogen) atoms. The number of carbonyl (C=O) groups is 5. The van der Waals surface area contributed by atoms with E-state index in [4.69, 9.17) is 0 Å². The molecule has 1 fully saturated rings. The first-order valence-electron chi connectivity index (χ1n) is 16.1. The molecule has 0 aliphatic carbocycles. The van der Waals surface area contributed by atoms with Gasteiger partial charge in [0.05, 0.1) is 34.5 Å². The Bertz CT molecular complexity index is 2130. The van der Waals surface area contributed by atoms with Gasteiger partial charge in [0, 0.05) is 29.9 Å². The van der Waals surface area contributed by atoms with Crippen molar-refractivity contribution >= 4 is 40.9 Å². The van der Waals surface area contributed by atoms with Crippen LogP contribution in [-0.4, -0.2) is 64.5 Å². The van der Waals surface area contributed by atoms with Crippen molar-refractivity contribution < 1.29 is 24.0 Å². The number of benzene rings is 5. The summed E-state index contributed by atoms with van der Waals surface area (Å²) in [6, 6.07) is 36.6. The monoisotopic (exact) mass is 646 g/mol. The second kappa shape index (κ2) is 12.0. The SMILES string of the molecule is O=C(Nc1ccc(C(=O)N2CC3C[C@@H](N4C(=O)c5ccccc5C4=O)CN3C(=O)c3ccccc32)cc1)c1ccccc1-c1ccccc1. The molecule has 9 nitrogen and oxygen atoms in total. The van der Waals surface area contributed by atoms with E-state index in [2.05, 4.69) is 5.32 Å². The fourth-order valence-electron chi connectivity index (χ4n) is 7.19. The summed E-state index contributed by atoms with van der Waals surface area (Å²) in [4.78, 5) is 72.5. The second-order valence-electron chi connectivity index (χ2n) is 12.4. The van der Waals surface area contributed by atoms with Crippen LogP contribution in [0.3, 0.4) is 0 Å². The highest BCUT2D eigenvalue weighted by Crippen LogP contribution is 2.36. The average molecular weight is 647 g/mol. The van der Waals surface area contributed by atoms with Gasteiger partial charge in [0.2, 0.25) is 0 Å². The fraction of sp³-hybridized carbons (Fsp3) is 0.125. The molecule has 3 heterocycles. The van der Waals surface area contributed by atoms with Gasteiger partial charge in [-0.1, -0.05) is 72.8 Å². The Labute approximate surface area is 282 Å². The lowest BCUT2D eigenvalue weighted by Crippen LogP contribution is -2.42. The van der Waals surface area contributed by atoms with E-state index < -0.39 is 12.1 Å². The van der Waals surface area contributed by atoms with Gasteiger partial charge < -0.3 is 15.1 Å². The van der Waals surface area contributed by atoms with Crippen molar-refractivity contribution in [2.24, 2.45) is 0 Å². The lowest BCUT2D eigenvalue weighted by molar-refractivity contribution is 0.0573. The zero-order chi connectivity index (χ0) is 33.6. The van der Waals surface area contributed by atoms with Gasteiger partial charge in [-0.25, -0.2) is 0 Å². The largest absolute Gasteiger partial charge is 0.332 e. The first-order chi connectivity index (χ1) is 23.9. The number of carbonyl (C=O) groups excluding carboxylic acids is 5. The minimum absolute atomic E-state index is 0.188. The average Bonchev–Trinajstić information content (AvgIpc) is 3.64. The maximum absolute atomic E-state index is 14.1. The summed E-state index contributed by atoms with van der Waals surface area (Å²) in [6.45, 7) is 0.378. The van der Waals surface area contributed by atoms with Gasteiger partial charge in [-0.3, -0.25) is 28.9 Å².